The van der Waals surface area contributed by atoms with E-state index >= 15 is 0 Å². The standard InChI is InChI=1S/C16H35O2PS2.Na/c1-15(2)11-7-5-9-13-18-19(17,20)21-14-10-6-8-12-16(3)4;/h15-16H,5-14H2,1-4H3,(H,17,20);/q;+1/p-1. The maximum atomic E-state index is 12.1. The molecule has 0 radical (unpaired) electrons. The van der Waals surface area contributed by atoms with Crippen LogP contribution in [0.25, 0.3) is 0 Å². The van der Waals surface area contributed by atoms with Crippen LogP contribution in [0.4, 0.5) is 0 Å². The number of unbranched alkanes of at least 4 members (excludes halogenated alkanes) is 4. The molecule has 1 atom stereocenters. The van der Waals surface area contributed by atoms with Crippen molar-refractivity contribution in [2.24, 2.45) is 11.8 Å². The SMILES string of the molecule is CC(C)CCCCCOP([O-])(=S)SCCCCCC(C)C.[Na+]. The molecule has 0 saturated carbocycles. The van der Waals surface area contributed by atoms with Crippen molar-refractivity contribution in [2.45, 2.75) is 79.1 Å². The molecular formula is C16H34NaO2PS2. The smallest absolute Gasteiger partial charge is 0.793 e. The van der Waals surface area contributed by atoms with E-state index in [4.69, 9.17) is 16.3 Å². The maximum Gasteiger partial charge on any atom is 1.00 e. The van der Waals surface area contributed by atoms with Gasteiger partial charge in [-0.3, -0.25) is 0 Å². The average Bonchev–Trinajstić information content (AvgIpc) is 2.37. The normalized spacial score (nSPS) is 14.1. The number of hydrogen-bond donors (Lipinski definition) is 0. The average molecular weight is 377 g/mol. The molecule has 128 valence electrons. The van der Waals surface area contributed by atoms with Crippen LogP contribution in [0.5, 0.6) is 0 Å². The summed E-state index contributed by atoms with van der Waals surface area (Å²) in [7, 11) is 0. The van der Waals surface area contributed by atoms with Crippen LogP contribution in [-0.2, 0) is 16.3 Å². The van der Waals surface area contributed by atoms with Gasteiger partial charge >= 0.3 is 29.6 Å². The third-order valence-corrected chi connectivity index (χ3v) is 7.71. The molecule has 0 aliphatic rings. The minimum atomic E-state index is -2.83. The van der Waals surface area contributed by atoms with Crippen LogP contribution in [0.15, 0.2) is 0 Å². The third-order valence-electron chi connectivity index (χ3n) is 3.35. The van der Waals surface area contributed by atoms with Crippen LogP contribution in [0.1, 0.15) is 79.1 Å². The van der Waals surface area contributed by atoms with Crippen LogP contribution in [0.2, 0.25) is 0 Å². The molecule has 0 spiro atoms. The van der Waals surface area contributed by atoms with Crippen molar-refractivity contribution in [3.8, 4) is 0 Å². The van der Waals surface area contributed by atoms with Crippen LogP contribution in [0, 0.1) is 11.8 Å². The molecule has 22 heavy (non-hydrogen) atoms. The zero-order valence-electron chi connectivity index (χ0n) is 15.3. The molecule has 0 bridgehead atoms. The summed E-state index contributed by atoms with van der Waals surface area (Å²) in [4.78, 5) is 12.1. The molecular weight excluding hydrogens is 342 g/mol. The summed E-state index contributed by atoms with van der Waals surface area (Å²) in [5, 5.41) is 0. The Morgan fingerprint density at radius 1 is 0.909 bits per heavy atom. The van der Waals surface area contributed by atoms with Crippen molar-refractivity contribution in [3.63, 3.8) is 0 Å². The van der Waals surface area contributed by atoms with E-state index in [9.17, 15) is 4.89 Å². The quantitative estimate of drug-likeness (QED) is 0.265. The van der Waals surface area contributed by atoms with Crippen molar-refractivity contribution >= 4 is 28.9 Å². The summed E-state index contributed by atoms with van der Waals surface area (Å²) in [6.07, 6.45) is 9.45. The predicted molar refractivity (Wildman–Crippen MR) is 99.3 cm³/mol. The molecule has 1 unspecified atom stereocenters. The molecule has 0 aromatic carbocycles. The first-order valence-electron chi connectivity index (χ1n) is 8.43. The summed E-state index contributed by atoms with van der Waals surface area (Å²) in [5.74, 6) is 2.41. The fourth-order valence-electron chi connectivity index (χ4n) is 2.05. The molecule has 0 saturated heterocycles. The molecule has 0 heterocycles. The fraction of sp³-hybridized carbons (Fsp3) is 1.00. The Hall–Kier alpha value is 1.92. The minimum absolute atomic E-state index is 0. The Bertz CT molecular complexity index is 265. The van der Waals surface area contributed by atoms with Gasteiger partial charge in [-0.15, -0.1) is 11.4 Å². The molecule has 0 rings (SSSR count). The van der Waals surface area contributed by atoms with E-state index in [2.05, 4.69) is 27.7 Å². The predicted octanol–water partition coefficient (Wildman–Crippen LogP) is 2.76. The van der Waals surface area contributed by atoms with E-state index in [-0.39, 0.29) is 29.6 Å². The van der Waals surface area contributed by atoms with Gasteiger partial charge in [0, 0.05) is 5.69 Å². The number of hydrogen-bond acceptors (Lipinski definition) is 4. The molecule has 6 heteroatoms. The van der Waals surface area contributed by atoms with Crippen LogP contribution in [0.3, 0.4) is 0 Å². The Morgan fingerprint density at radius 2 is 1.41 bits per heavy atom. The van der Waals surface area contributed by atoms with Gasteiger partial charge in [-0.1, -0.05) is 78.0 Å². The second-order valence-corrected chi connectivity index (χ2v) is 12.8. The number of rotatable bonds is 14. The van der Waals surface area contributed by atoms with Gasteiger partial charge in [-0.05, 0) is 30.4 Å². The zero-order valence-corrected chi connectivity index (χ0v) is 19.8. The van der Waals surface area contributed by atoms with E-state index in [1.165, 1.54) is 43.5 Å². The molecule has 2 nitrogen and oxygen atoms in total. The van der Waals surface area contributed by atoms with E-state index in [0.717, 1.165) is 36.9 Å². The van der Waals surface area contributed by atoms with Gasteiger partial charge in [0.25, 0.3) is 0 Å². The minimum Gasteiger partial charge on any atom is -0.793 e. The summed E-state index contributed by atoms with van der Waals surface area (Å²) in [5.41, 5.74) is -2.83. The van der Waals surface area contributed by atoms with Crippen LogP contribution < -0.4 is 34.5 Å². The van der Waals surface area contributed by atoms with Gasteiger partial charge in [0.15, 0.2) is 0 Å². The van der Waals surface area contributed by atoms with Gasteiger partial charge in [0.1, 0.15) is 0 Å². The first kappa shape index (κ1) is 26.2. The Balaban J connectivity index is 0. The summed E-state index contributed by atoms with van der Waals surface area (Å²) >= 11 is 6.43. The first-order chi connectivity index (χ1) is 9.83. The molecule has 0 amide bonds. The third kappa shape index (κ3) is 20.0. The van der Waals surface area contributed by atoms with E-state index in [1.54, 1.807) is 0 Å². The zero-order chi connectivity index (χ0) is 16.1. The van der Waals surface area contributed by atoms with Crippen molar-refractivity contribution in [3.05, 3.63) is 0 Å². The summed E-state index contributed by atoms with van der Waals surface area (Å²) < 4.78 is 5.41. The van der Waals surface area contributed by atoms with E-state index in [0.29, 0.717) is 6.61 Å². The van der Waals surface area contributed by atoms with Crippen molar-refractivity contribution in [1.82, 2.24) is 0 Å². The van der Waals surface area contributed by atoms with Gasteiger partial charge < -0.3 is 9.42 Å². The second kappa shape index (κ2) is 16.4. The van der Waals surface area contributed by atoms with Crippen molar-refractivity contribution in [2.75, 3.05) is 12.4 Å². The van der Waals surface area contributed by atoms with Gasteiger partial charge in [0.05, 0.1) is 6.61 Å². The van der Waals surface area contributed by atoms with Crippen molar-refractivity contribution < 1.29 is 39.0 Å². The molecule has 0 aliphatic heterocycles. The molecule has 0 aliphatic carbocycles. The monoisotopic (exact) mass is 376 g/mol. The van der Waals surface area contributed by atoms with E-state index < -0.39 is 5.69 Å². The molecule has 0 N–H and O–H groups in total. The molecule has 0 aromatic heterocycles. The van der Waals surface area contributed by atoms with Crippen LogP contribution in [-0.4, -0.2) is 12.4 Å². The van der Waals surface area contributed by atoms with Crippen molar-refractivity contribution in [1.29, 1.82) is 0 Å². The topological polar surface area (TPSA) is 32.3 Å². The van der Waals surface area contributed by atoms with Gasteiger partial charge in [-0.2, -0.15) is 0 Å². The Morgan fingerprint density at radius 3 is 1.91 bits per heavy atom. The fourth-order valence-corrected chi connectivity index (χ4v) is 5.44. The Labute approximate surface area is 170 Å². The van der Waals surface area contributed by atoms with Gasteiger partial charge in [0.2, 0.25) is 0 Å². The first-order valence-corrected chi connectivity index (χ1v) is 12.7. The van der Waals surface area contributed by atoms with Gasteiger partial charge in [-0.25, -0.2) is 0 Å². The largest absolute Gasteiger partial charge is 1.00 e. The maximum absolute atomic E-state index is 12.1. The summed E-state index contributed by atoms with van der Waals surface area (Å²) in [6.45, 7) is 9.54. The Kier molecular flexibility index (Phi) is 19.5. The second-order valence-electron chi connectivity index (χ2n) is 6.60. The van der Waals surface area contributed by atoms with E-state index in [1.807, 2.05) is 0 Å². The molecule has 0 aromatic rings. The summed E-state index contributed by atoms with van der Waals surface area (Å²) in [6, 6.07) is 0. The molecule has 0 fully saturated rings. The van der Waals surface area contributed by atoms with Crippen LogP contribution >= 0.6 is 17.1 Å².